The highest BCUT2D eigenvalue weighted by Gasteiger charge is 2.16. The Kier molecular flexibility index (Phi) is 4.78. The quantitative estimate of drug-likeness (QED) is 0.877. The van der Waals surface area contributed by atoms with Gasteiger partial charge in [0.15, 0.2) is 0 Å². The van der Waals surface area contributed by atoms with Crippen molar-refractivity contribution in [2.45, 2.75) is 27.2 Å². The van der Waals surface area contributed by atoms with Gasteiger partial charge in [0.1, 0.15) is 5.82 Å². The third kappa shape index (κ3) is 3.15. The molecule has 2 rings (SSSR count). The zero-order valence-electron chi connectivity index (χ0n) is 12.8. The fourth-order valence-electron chi connectivity index (χ4n) is 2.47. The van der Waals surface area contributed by atoms with Gasteiger partial charge in [0, 0.05) is 30.1 Å². The van der Waals surface area contributed by atoms with Crippen molar-refractivity contribution in [2.24, 2.45) is 5.92 Å². The Balaban J connectivity index is 2.54. The predicted molar refractivity (Wildman–Crippen MR) is 86.0 cm³/mol. The summed E-state index contributed by atoms with van der Waals surface area (Å²) < 4.78 is 0. The molecule has 1 aromatic heterocycles. The van der Waals surface area contributed by atoms with Gasteiger partial charge in [-0.1, -0.05) is 44.5 Å². The highest BCUT2D eigenvalue weighted by atomic mass is 16.4. The number of rotatable bonds is 6. The van der Waals surface area contributed by atoms with Crippen molar-refractivity contribution in [3.63, 3.8) is 0 Å². The first-order chi connectivity index (χ1) is 10.1. The molecule has 0 saturated carbocycles. The molecule has 1 unspecified atom stereocenters. The Hall–Kier alpha value is -2.10. The molecule has 1 heterocycles. The molecule has 0 spiro atoms. The number of carboxylic acid groups (broad SMARTS) is 1. The van der Waals surface area contributed by atoms with Crippen LogP contribution in [0.3, 0.4) is 0 Å². The third-order valence-electron chi connectivity index (χ3n) is 3.91. The van der Waals surface area contributed by atoms with Crippen LogP contribution in [0.4, 0.5) is 5.82 Å². The van der Waals surface area contributed by atoms with Crippen molar-refractivity contribution >= 4 is 22.6 Å². The fraction of sp³-hybridized carbons (Fsp3) is 0.412. The highest BCUT2D eigenvalue weighted by Crippen LogP contribution is 2.27. The Labute approximate surface area is 125 Å². The maximum Gasteiger partial charge on any atom is 0.337 e. The molecule has 0 fully saturated rings. The lowest BCUT2D eigenvalue weighted by atomic mass is 10.1. The number of hydrogen-bond acceptors (Lipinski definition) is 3. The van der Waals surface area contributed by atoms with Crippen LogP contribution in [0.5, 0.6) is 0 Å². The van der Waals surface area contributed by atoms with E-state index in [4.69, 9.17) is 0 Å². The van der Waals surface area contributed by atoms with Crippen LogP contribution in [0.15, 0.2) is 30.5 Å². The SMILES string of the molecule is CCC(C)CN(CC)c1ncc(C(=O)O)c2ccccc12. The third-order valence-corrected chi connectivity index (χ3v) is 3.91. The molecule has 2 aromatic rings. The lowest BCUT2D eigenvalue weighted by Gasteiger charge is -2.26. The molecular weight excluding hydrogens is 264 g/mol. The second kappa shape index (κ2) is 6.57. The molecule has 0 radical (unpaired) electrons. The molecule has 0 aliphatic rings. The molecule has 4 nitrogen and oxygen atoms in total. The number of aromatic nitrogens is 1. The fourth-order valence-corrected chi connectivity index (χ4v) is 2.47. The topological polar surface area (TPSA) is 53.4 Å². The van der Waals surface area contributed by atoms with Gasteiger partial charge in [0.2, 0.25) is 0 Å². The largest absolute Gasteiger partial charge is 0.478 e. The standard InChI is InChI=1S/C17H22N2O2/c1-4-12(3)11-19(5-2)16-14-9-7-6-8-13(14)15(10-18-16)17(20)21/h6-10,12H,4-5,11H2,1-3H3,(H,20,21). The first-order valence-electron chi connectivity index (χ1n) is 7.44. The van der Waals surface area contributed by atoms with E-state index in [1.54, 1.807) is 0 Å². The van der Waals surface area contributed by atoms with Crippen LogP contribution in [0, 0.1) is 5.92 Å². The summed E-state index contributed by atoms with van der Waals surface area (Å²) in [5.41, 5.74) is 0.258. The van der Waals surface area contributed by atoms with Crippen LogP contribution >= 0.6 is 0 Å². The van der Waals surface area contributed by atoms with Gasteiger partial charge < -0.3 is 10.0 Å². The number of fused-ring (bicyclic) bond motifs is 1. The summed E-state index contributed by atoms with van der Waals surface area (Å²) in [6, 6.07) is 7.59. The summed E-state index contributed by atoms with van der Waals surface area (Å²) in [5, 5.41) is 11.0. The monoisotopic (exact) mass is 286 g/mol. The first kappa shape index (κ1) is 15.3. The zero-order chi connectivity index (χ0) is 15.4. The van der Waals surface area contributed by atoms with E-state index in [1.807, 2.05) is 24.3 Å². The second-order valence-electron chi connectivity index (χ2n) is 5.40. The maximum atomic E-state index is 11.3. The lowest BCUT2D eigenvalue weighted by molar-refractivity contribution is 0.0698. The van der Waals surface area contributed by atoms with E-state index in [2.05, 4.69) is 30.7 Å². The van der Waals surface area contributed by atoms with Crippen LogP contribution < -0.4 is 4.90 Å². The number of nitrogens with zero attached hydrogens (tertiary/aromatic N) is 2. The molecule has 0 aliphatic carbocycles. The second-order valence-corrected chi connectivity index (χ2v) is 5.40. The van der Waals surface area contributed by atoms with Crippen molar-refractivity contribution in [2.75, 3.05) is 18.0 Å². The molecule has 21 heavy (non-hydrogen) atoms. The van der Waals surface area contributed by atoms with Crippen LogP contribution in [0.25, 0.3) is 10.8 Å². The van der Waals surface area contributed by atoms with E-state index in [0.717, 1.165) is 36.1 Å². The number of carboxylic acids is 1. The van der Waals surface area contributed by atoms with Crippen molar-refractivity contribution in [3.05, 3.63) is 36.0 Å². The van der Waals surface area contributed by atoms with Gasteiger partial charge in [-0.15, -0.1) is 0 Å². The minimum Gasteiger partial charge on any atom is -0.478 e. The molecule has 1 aromatic carbocycles. The Morgan fingerprint density at radius 2 is 1.95 bits per heavy atom. The zero-order valence-corrected chi connectivity index (χ0v) is 12.8. The summed E-state index contributed by atoms with van der Waals surface area (Å²) in [4.78, 5) is 18.0. The number of carbonyl (C=O) groups is 1. The normalized spacial score (nSPS) is 12.3. The van der Waals surface area contributed by atoms with E-state index < -0.39 is 5.97 Å². The van der Waals surface area contributed by atoms with Gasteiger partial charge in [-0.25, -0.2) is 9.78 Å². The minimum atomic E-state index is -0.935. The van der Waals surface area contributed by atoms with Gasteiger partial charge in [-0.3, -0.25) is 0 Å². The molecule has 0 saturated heterocycles. The van der Waals surface area contributed by atoms with Crippen molar-refractivity contribution in [1.29, 1.82) is 0 Å². The minimum absolute atomic E-state index is 0.258. The number of hydrogen-bond donors (Lipinski definition) is 1. The van der Waals surface area contributed by atoms with Gasteiger partial charge in [0.25, 0.3) is 0 Å². The first-order valence-corrected chi connectivity index (χ1v) is 7.44. The van der Waals surface area contributed by atoms with Gasteiger partial charge >= 0.3 is 5.97 Å². The summed E-state index contributed by atoms with van der Waals surface area (Å²) in [7, 11) is 0. The number of aromatic carboxylic acids is 1. The number of benzene rings is 1. The average molecular weight is 286 g/mol. The molecule has 0 bridgehead atoms. The molecular formula is C17H22N2O2. The van der Waals surface area contributed by atoms with Crippen LogP contribution in [-0.2, 0) is 0 Å². The Bertz CT molecular complexity index is 640. The van der Waals surface area contributed by atoms with E-state index in [9.17, 15) is 9.90 Å². The molecule has 0 aliphatic heterocycles. The molecule has 112 valence electrons. The van der Waals surface area contributed by atoms with E-state index in [1.165, 1.54) is 6.20 Å². The Morgan fingerprint density at radius 3 is 2.52 bits per heavy atom. The van der Waals surface area contributed by atoms with E-state index >= 15 is 0 Å². The molecule has 4 heteroatoms. The summed E-state index contributed by atoms with van der Waals surface area (Å²) >= 11 is 0. The van der Waals surface area contributed by atoms with E-state index in [-0.39, 0.29) is 5.56 Å². The van der Waals surface area contributed by atoms with Crippen LogP contribution in [-0.4, -0.2) is 29.1 Å². The average Bonchev–Trinajstić information content (AvgIpc) is 2.51. The smallest absolute Gasteiger partial charge is 0.337 e. The molecule has 1 atom stereocenters. The van der Waals surface area contributed by atoms with Crippen LogP contribution in [0.2, 0.25) is 0 Å². The van der Waals surface area contributed by atoms with Gasteiger partial charge in [0.05, 0.1) is 5.56 Å². The van der Waals surface area contributed by atoms with Crippen molar-refractivity contribution < 1.29 is 9.90 Å². The Morgan fingerprint density at radius 1 is 1.29 bits per heavy atom. The van der Waals surface area contributed by atoms with Gasteiger partial charge in [-0.2, -0.15) is 0 Å². The summed E-state index contributed by atoms with van der Waals surface area (Å²) in [5.74, 6) is 0.512. The maximum absolute atomic E-state index is 11.3. The molecule has 1 N–H and O–H groups in total. The number of pyridine rings is 1. The van der Waals surface area contributed by atoms with Crippen molar-refractivity contribution in [3.8, 4) is 0 Å². The van der Waals surface area contributed by atoms with E-state index in [0.29, 0.717) is 5.92 Å². The summed E-state index contributed by atoms with van der Waals surface area (Å²) in [6.45, 7) is 8.28. The van der Waals surface area contributed by atoms with Gasteiger partial charge in [-0.05, 0) is 12.8 Å². The number of anilines is 1. The predicted octanol–water partition coefficient (Wildman–Crippen LogP) is 3.81. The lowest BCUT2D eigenvalue weighted by Crippen LogP contribution is -2.29. The highest BCUT2D eigenvalue weighted by molar-refractivity contribution is 6.06. The van der Waals surface area contributed by atoms with Crippen molar-refractivity contribution in [1.82, 2.24) is 4.98 Å². The summed E-state index contributed by atoms with van der Waals surface area (Å²) in [6.07, 6.45) is 2.58. The molecule has 0 amide bonds. The van der Waals surface area contributed by atoms with Crippen LogP contribution in [0.1, 0.15) is 37.6 Å².